The van der Waals surface area contributed by atoms with Crippen LogP contribution >= 0.6 is 15.9 Å². The number of pyridine rings is 1. The predicted octanol–water partition coefficient (Wildman–Crippen LogP) is 3.74. The van der Waals surface area contributed by atoms with E-state index in [2.05, 4.69) is 20.9 Å². The Hall–Kier alpha value is -1.55. The topological polar surface area (TPSA) is 31.4 Å². The SMILES string of the molecule is COc1cccc(COc2ccc(Br)c(C)c2)n1. The Morgan fingerprint density at radius 1 is 1.22 bits per heavy atom. The molecule has 0 fully saturated rings. The molecule has 0 unspecified atom stereocenters. The van der Waals surface area contributed by atoms with Gasteiger partial charge in [0.2, 0.25) is 5.88 Å². The quantitative estimate of drug-likeness (QED) is 0.862. The molecule has 0 atom stereocenters. The summed E-state index contributed by atoms with van der Waals surface area (Å²) in [5, 5.41) is 0. The third-order valence-electron chi connectivity index (χ3n) is 2.51. The van der Waals surface area contributed by atoms with Gasteiger partial charge < -0.3 is 9.47 Å². The largest absolute Gasteiger partial charge is 0.487 e. The van der Waals surface area contributed by atoms with E-state index in [1.807, 2.05) is 43.3 Å². The lowest BCUT2D eigenvalue weighted by Crippen LogP contribution is -1.99. The van der Waals surface area contributed by atoms with Gasteiger partial charge in [-0.25, -0.2) is 4.98 Å². The molecule has 3 nitrogen and oxygen atoms in total. The summed E-state index contributed by atoms with van der Waals surface area (Å²) in [6.45, 7) is 2.46. The third-order valence-corrected chi connectivity index (χ3v) is 3.40. The summed E-state index contributed by atoms with van der Waals surface area (Å²) in [5.41, 5.74) is 1.99. The molecule has 4 heteroatoms. The van der Waals surface area contributed by atoms with Crippen LogP contribution in [0.1, 0.15) is 11.3 Å². The summed E-state index contributed by atoms with van der Waals surface area (Å²) in [7, 11) is 1.60. The molecular weight excluding hydrogens is 294 g/mol. The number of benzene rings is 1. The molecule has 94 valence electrons. The van der Waals surface area contributed by atoms with E-state index in [0.717, 1.165) is 21.5 Å². The zero-order valence-corrected chi connectivity index (χ0v) is 11.9. The molecule has 0 saturated carbocycles. The summed E-state index contributed by atoms with van der Waals surface area (Å²) < 4.78 is 11.8. The van der Waals surface area contributed by atoms with Crippen LogP contribution in [-0.2, 0) is 6.61 Å². The van der Waals surface area contributed by atoms with E-state index in [9.17, 15) is 0 Å². The van der Waals surface area contributed by atoms with Crippen LogP contribution in [0.4, 0.5) is 0 Å². The second-order valence-corrected chi connectivity index (χ2v) is 4.73. The average Bonchev–Trinajstić information content (AvgIpc) is 2.40. The normalized spacial score (nSPS) is 10.2. The lowest BCUT2D eigenvalue weighted by Gasteiger charge is -2.08. The molecule has 18 heavy (non-hydrogen) atoms. The van der Waals surface area contributed by atoms with E-state index >= 15 is 0 Å². The molecule has 0 spiro atoms. The number of ether oxygens (including phenoxy) is 2. The van der Waals surface area contributed by atoms with Crippen molar-refractivity contribution in [1.29, 1.82) is 0 Å². The predicted molar refractivity (Wildman–Crippen MR) is 74.0 cm³/mol. The van der Waals surface area contributed by atoms with Gasteiger partial charge in [-0.05, 0) is 36.8 Å². The molecule has 2 rings (SSSR count). The van der Waals surface area contributed by atoms with Crippen molar-refractivity contribution in [3.63, 3.8) is 0 Å². The van der Waals surface area contributed by atoms with Crippen molar-refractivity contribution in [1.82, 2.24) is 4.98 Å². The minimum atomic E-state index is 0.429. The number of aryl methyl sites for hydroxylation is 1. The van der Waals surface area contributed by atoms with Crippen molar-refractivity contribution in [2.24, 2.45) is 0 Å². The molecule has 0 radical (unpaired) electrons. The van der Waals surface area contributed by atoms with Gasteiger partial charge >= 0.3 is 0 Å². The molecule has 2 aromatic rings. The number of halogens is 1. The summed E-state index contributed by atoms with van der Waals surface area (Å²) in [4.78, 5) is 4.29. The second kappa shape index (κ2) is 5.87. The highest BCUT2D eigenvalue weighted by Gasteiger charge is 2.01. The Balaban J connectivity index is 2.04. The number of nitrogens with zero attached hydrogens (tertiary/aromatic N) is 1. The summed E-state index contributed by atoms with van der Waals surface area (Å²) >= 11 is 3.46. The van der Waals surface area contributed by atoms with Crippen LogP contribution in [0, 0.1) is 6.92 Å². The van der Waals surface area contributed by atoms with Gasteiger partial charge in [-0.2, -0.15) is 0 Å². The molecule has 0 saturated heterocycles. The van der Waals surface area contributed by atoms with Crippen LogP contribution in [-0.4, -0.2) is 12.1 Å². The number of hydrogen-bond acceptors (Lipinski definition) is 3. The van der Waals surface area contributed by atoms with E-state index in [1.54, 1.807) is 7.11 Å². The van der Waals surface area contributed by atoms with Crippen molar-refractivity contribution < 1.29 is 9.47 Å². The van der Waals surface area contributed by atoms with Crippen molar-refractivity contribution in [2.75, 3.05) is 7.11 Å². The van der Waals surface area contributed by atoms with Gasteiger partial charge in [-0.15, -0.1) is 0 Å². The van der Waals surface area contributed by atoms with Crippen LogP contribution in [0.5, 0.6) is 11.6 Å². The monoisotopic (exact) mass is 307 g/mol. The van der Waals surface area contributed by atoms with Gasteiger partial charge in [-0.3, -0.25) is 0 Å². The fourth-order valence-electron chi connectivity index (χ4n) is 1.52. The first-order valence-electron chi connectivity index (χ1n) is 5.58. The Morgan fingerprint density at radius 3 is 2.78 bits per heavy atom. The van der Waals surface area contributed by atoms with Gasteiger partial charge in [0.15, 0.2) is 0 Å². The van der Waals surface area contributed by atoms with E-state index in [-0.39, 0.29) is 0 Å². The molecule has 1 aromatic heterocycles. The van der Waals surface area contributed by atoms with Gasteiger partial charge in [-0.1, -0.05) is 22.0 Å². The Kier molecular flexibility index (Phi) is 4.20. The maximum Gasteiger partial charge on any atom is 0.213 e. The molecule has 0 bridgehead atoms. The third kappa shape index (κ3) is 3.23. The molecule has 0 amide bonds. The smallest absolute Gasteiger partial charge is 0.213 e. The van der Waals surface area contributed by atoms with Crippen molar-refractivity contribution in [3.05, 3.63) is 52.1 Å². The zero-order chi connectivity index (χ0) is 13.0. The second-order valence-electron chi connectivity index (χ2n) is 3.87. The van der Waals surface area contributed by atoms with Gasteiger partial charge in [0, 0.05) is 10.5 Å². The summed E-state index contributed by atoms with van der Waals surface area (Å²) in [6, 6.07) is 11.5. The Bertz CT molecular complexity index is 543. The fraction of sp³-hybridized carbons (Fsp3) is 0.214. The average molecular weight is 308 g/mol. The highest BCUT2D eigenvalue weighted by atomic mass is 79.9. The Morgan fingerprint density at radius 2 is 2.06 bits per heavy atom. The molecule has 0 N–H and O–H groups in total. The van der Waals surface area contributed by atoms with Gasteiger partial charge in [0.1, 0.15) is 12.4 Å². The molecule has 0 aliphatic heterocycles. The van der Waals surface area contributed by atoms with E-state index in [4.69, 9.17) is 9.47 Å². The maximum atomic E-state index is 5.69. The van der Waals surface area contributed by atoms with Crippen molar-refractivity contribution in [2.45, 2.75) is 13.5 Å². The molecule has 1 heterocycles. The first-order chi connectivity index (χ1) is 8.69. The maximum absolute atomic E-state index is 5.69. The lowest BCUT2D eigenvalue weighted by atomic mass is 10.2. The first-order valence-corrected chi connectivity index (χ1v) is 6.37. The van der Waals surface area contributed by atoms with Crippen molar-refractivity contribution >= 4 is 15.9 Å². The highest BCUT2D eigenvalue weighted by molar-refractivity contribution is 9.10. The first kappa shape index (κ1) is 12.9. The van der Waals surface area contributed by atoms with Crippen LogP contribution in [0.25, 0.3) is 0 Å². The minimum absolute atomic E-state index is 0.429. The van der Waals surface area contributed by atoms with Crippen molar-refractivity contribution in [3.8, 4) is 11.6 Å². The number of rotatable bonds is 4. The minimum Gasteiger partial charge on any atom is -0.487 e. The van der Waals surface area contributed by atoms with Crippen LogP contribution in [0.3, 0.4) is 0 Å². The number of hydrogen-bond donors (Lipinski definition) is 0. The molecular formula is C14H14BrNO2. The molecule has 1 aromatic carbocycles. The van der Waals surface area contributed by atoms with Crippen LogP contribution in [0.15, 0.2) is 40.9 Å². The van der Waals surface area contributed by atoms with E-state index in [0.29, 0.717) is 12.5 Å². The summed E-state index contributed by atoms with van der Waals surface area (Å²) in [5.74, 6) is 1.43. The number of methoxy groups -OCH3 is 1. The summed E-state index contributed by atoms with van der Waals surface area (Å²) in [6.07, 6.45) is 0. The fourth-order valence-corrected chi connectivity index (χ4v) is 1.76. The number of aromatic nitrogens is 1. The molecule has 0 aliphatic rings. The highest BCUT2D eigenvalue weighted by Crippen LogP contribution is 2.22. The van der Waals surface area contributed by atoms with E-state index < -0.39 is 0 Å². The standard InChI is InChI=1S/C14H14BrNO2/c1-10-8-12(6-7-13(10)15)18-9-11-4-3-5-14(16-11)17-2/h3-8H,9H2,1-2H3. The van der Waals surface area contributed by atoms with Crippen LogP contribution < -0.4 is 9.47 Å². The Labute approximate surface area is 115 Å². The van der Waals surface area contributed by atoms with Gasteiger partial charge in [0.05, 0.1) is 12.8 Å². The lowest BCUT2D eigenvalue weighted by molar-refractivity contribution is 0.298. The zero-order valence-electron chi connectivity index (χ0n) is 10.3. The molecule has 0 aliphatic carbocycles. The van der Waals surface area contributed by atoms with E-state index in [1.165, 1.54) is 0 Å². The van der Waals surface area contributed by atoms with Crippen LogP contribution in [0.2, 0.25) is 0 Å². The van der Waals surface area contributed by atoms with Gasteiger partial charge in [0.25, 0.3) is 0 Å².